The van der Waals surface area contributed by atoms with Gasteiger partial charge in [0.25, 0.3) is 0 Å². The molecule has 0 bridgehead atoms. The molecular weight excluding hydrogens is 294 g/mol. The first-order valence-corrected chi connectivity index (χ1v) is 7.30. The summed E-state index contributed by atoms with van der Waals surface area (Å²) in [5, 5.41) is 5.23. The minimum Gasteiger partial charge on any atom is -0.368 e. The Kier molecular flexibility index (Phi) is 7.34. The van der Waals surface area contributed by atoms with Crippen LogP contribution in [0.5, 0.6) is 0 Å². The van der Waals surface area contributed by atoms with Crippen LogP contribution in [0.15, 0.2) is 30.3 Å². The average molecular weight is 315 g/mol. The fourth-order valence-electron chi connectivity index (χ4n) is 1.97. The van der Waals surface area contributed by atoms with Gasteiger partial charge in [-0.05, 0) is 12.5 Å². The highest BCUT2D eigenvalue weighted by Gasteiger charge is 2.17. The monoisotopic (exact) mass is 315 g/mol. The zero-order valence-corrected chi connectivity index (χ0v) is 13.0. The Hall–Kier alpha value is -2.81. The largest absolute Gasteiger partial charge is 0.368 e. The van der Waals surface area contributed by atoms with E-state index >= 15 is 0 Å². The SMILES string of the molecule is C#CC[C@H](NC(=O)CCC(=O)N[C@H](C)c1ccccc1)C(N)=O. The van der Waals surface area contributed by atoms with E-state index in [0.717, 1.165) is 5.56 Å². The van der Waals surface area contributed by atoms with Crippen LogP contribution in [-0.4, -0.2) is 23.8 Å². The molecule has 3 amide bonds. The van der Waals surface area contributed by atoms with Crippen molar-refractivity contribution in [2.24, 2.45) is 5.73 Å². The lowest BCUT2D eigenvalue weighted by Crippen LogP contribution is -2.44. The topological polar surface area (TPSA) is 101 Å². The number of carbonyl (C=O) groups is 3. The Balaban J connectivity index is 2.39. The van der Waals surface area contributed by atoms with Crippen LogP contribution in [0, 0.1) is 12.3 Å². The Morgan fingerprint density at radius 2 is 1.70 bits per heavy atom. The van der Waals surface area contributed by atoms with E-state index in [1.165, 1.54) is 0 Å². The molecule has 122 valence electrons. The number of rotatable bonds is 8. The summed E-state index contributed by atoms with van der Waals surface area (Å²) in [4.78, 5) is 34.7. The van der Waals surface area contributed by atoms with Gasteiger partial charge < -0.3 is 16.4 Å². The summed E-state index contributed by atoms with van der Waals surface area (Å²) in [5.41, 5.74) is 6.11. The average Bonchev–Trinajstić information content (AvgIpc) is 2.53. The highest BCUT2D eigenvalue weighted by Crippen LogP contribution is 2.11. The molecule has 0 aromatic heterocycles. The molecule has 6 heteroatoms. The van der Waals surface area contributed by atoms with Gasteiger partial charge in [0.1, 0.15) is 6.04 Å². The lowest BCUT2D eigenvalue weighted by Gasteiger charge is -2.15. The molecule has 0 fully saturated rings. The second-order valence-electron chi connectivity index (χ2n) is 5.13. The summed E-state index contributed by atoms with van der Waals surface area (Å²) >= 11 is 0. The van der Waals surface area contributed by atoms with Crippen LogP contribution in [-0.2, 0) is 14.4 Å². The van der Waals surface area contributed by atoms with E-state index in [1.807, 2.05) is 37.3 Å². The van der Waals surface area contributed by atoms with Gasteiger partial charge >= 0.3 is 0 Å². The molecule has 0 heterocycles. The number of nitrogens with one attached hydrogen (secondary N) is 2. The second-order valence-corrected chi connectivity index (χ2v) is 5.13. The first kappa shape index (κ1) is 18.2. The Labute approximate surface area is 135 Å². The van der Waals surface area contributed by atoms with E-state index in [9.17, 15) is 14.4 Å². The number of hydrogen-bond donors (Lipinski definition) is 3. The number of primary amides is 1. The van der Waals surface area contributed by atoms with Gasteiger partial charge in [-0.1, -0.05) is 30.3 Å². The van der Waals surface area contributed by atoms with Gasteiger partial charge in [-0.3, -0.25) is 14.4 Å². The summed E-state index contributed by atoms with van der Waals surface area (Å²) in [6.45, 7) is 1.86. The summed E-state index contributed by atoms with van der Waals surface area (Å²) in [6, 6.07) is 8.45. The molecular formula is C17H21N3O3. The molecule has 0 aliphatic heterocycles. The van der Waals surface area contributed by atoms with Gasteiger partial charge in [-0.25, -0.2) is 0 Å². The number of amides is 3. The van der Waals surface area contributed by atoms with Gasteiger partial charge in [0.05, 0.1) is 6.04 Å². The van der Waals surface area contributed by atoms with Crippen LogP contribution in [0.3, 0.4) is 0 Å². The van der Waals surface area contributed by atoms with Crippen molar-refractivity contribution in [2.45, 2.75) is 38.3 Å². The van der Waals surface area contributed by atoms with Crippen LogP contribution in [0.25, 0.3) is 0 Å². The third kappa shape index (κ3) is 6.66. The quantitative estimate of drug-likeness (QED) is 0.613. The van der Waals surface area contributed by atoms with Crippen LogP contribution in [0.1, 0.15) is 37.8 Å². The molecule has 4 N–H and O–H groups in total. The maximum atomic E-state index is 11.9. The highest BCUT2D eigenvalue weighted by atomic mass is 16.2. The molecule has 0 radical (unpaired) electrons. The molecule has 0 aliphatic rings. The number of hydrogen-bond acceptors (Lipinski definition) is 3. The predicted octanol–water partition coefficient (Wildman–Crippen LogP) is 0.637. The van der Waals surface area contributed by atoms with Crippen LogP contribution < -0.4 is 16.4 Å². The molecule has 1 aromatic rings. The molecule has 1 aromatic carbocycles. The van der Waals surface area contributed by atoms with E-state index in [2.05, 4.69) is 16.6 Å². The van der Waals surface area contributed by atoms with E-state index in [-0.39, 0.29) is 31.2 Å². The van der Waals surface area contributed by atoms with E-state index in [4.69, 9.17) is 12.2 Å². The fraction of sp³-hybridized carbons (Fsp3) is 0.353. The molecule has 0 unspecified atom stereocenters. The third-order valence-electron chi connectivity index (χ3n) is 3.26. The zero-order chi connectivity index (χ0) is 17.2. The van der Waals surface area contributed by atoms with Crippen molar-refractivity contribution in [1.82, 2.24) is 10.6 Å². The molecule has 2 atom stereocenters. The van der Waals surface area contributed by atoms with Crippen LogP contribution in [0.4, 0.5) is 0 Å². The Morgan fingerprint density at radius 3 is 2.22 bits per heavy atom. The van der Waals surface area contributed by atoms with Gasteiger partial charge in [0.15, 0.2) is 0 Å². The van der Waals surface area contributed by atoms with Crippen molar-refractivity contribution >= 4 is 17.7 Å². The summed E-state index contributed by atoms with van der Waals surface area (Å²) < 4.78 is 0. The molecule has 0 saturated heterocycles. The van der Waals surface area contributed by atoms with E-state index in [0.29, 0.717) is 0 Å². The van der Waals surface area contributed by atoms with Crippen molar-refractivity contribution < 1.29 is 14.4 Å². The van der Waals surface area contributed by atoms with Crippen molar-refractivity contribution in [3.8, 4) is 12.3 Å². The van der Waals surface area contributed by atoms with Gasteiger partial charge in [0.2, 0.25) is 17.7 Å². The molecule has 0 aliphatic carbocycles. The lowest BCUT2D eigenvalue weighted by atomic mass is 10.1. The predicted molar refractivity (Wildman–Crippen MR) is 86.8 cm³/mol. The highest BCUT2D eigenvalue weighted by molar-refractivity contribution is 5.88. The maximum absolute atomic E-state index is 11.9. The fourth-order valence-corrected chi connectivity index (χ4v) is 1.97. The zero-order valence-electron chi connectivity index (χ0n) is 13.0. The van der Waals surface area contributed by atoms with Gasteiger partial charge in [-0.15, -0.1) is 12.3 Å². The summed E-state index contributed by atoms with van der Waals surface area (Å²) in [7, 11) is 0. The molecule has 0 spiro atoms. The normalized spacial score (nSPS) is 12.5. The number of nitrogens with two attached hydrogens (primary N) is 1. The smallest absolute Gasteiger partial charge is 0.240 e. The summed E-state index contributed by atoms with van der Waals surface area (Å²) in [6.07, 6.45) is 5.11. The molecule has 1 rings (SSSR count). The Bertz CT molecular complexity index is 593. The molecule has 0 saturated carbocycles. The standard InChI is InChI=1S/C17H21N3O3/c1-3-7-14(17(18)23)20-16(22)11-10-15(21)19-12(2)13-8-5-4-6-9-13/h1,4-6,8-9,12,14H,7,10-11H2,2H3,(H2,18,23)(H,19,21)(H,20,22)/t12-,14+/m1/s1. The van der Waals surface area contributed by atoms with Crippen molar-refractivity contribution in [2.75, 3.05) is 0 Å². The van der Waals surface area contributed by atoms with Crippen molar-refractivity contribution in [1.29, 1.82) is 0 Å². The lowest BCUT2D eigenvalue weighted by molar-refractivity contribution is -0.129. The summed E-state index contributed by atoms with van der Waals surface area (Å²) in [5.74, 6) is 0.888. The first-order chi connectivity index (χ1) is 10.9. The van der Waals surface area contributed by atoms with Crippen LogP contribution in [0.2, 0.25) is 0 Å². The number of benzene rings is 1. The molecule has 6 nitrogen and oxygen atoms in total. The number of carbonyl (C=O) groups excluding carboxylic acids is 3. The second kappa shape index (κ2) is 9.26. The van der Waals surface area contributed by atoms with Crippen molar-refractivity contribution in [3.63, 3.8) is 0 Å². The van der Waals surface area contributed by atoms with E-state index < -0.39 is 17.9 Å². The number of terminal acetylenes is 1. The maximum Gasteiger partial charge on any atom is 0.240 e. The van der Waals surface area contributed by atoms with Crippen LogP contribution >= 0.6 is 0 Å². The first-order valence-electron chi connectivity index (χ1n) is 7.30. The van der Waals surface area contributed by atoms with Crippen molar-refractivity contribution in [3.05, 3.63) is 35.9 Å². The van der Waals surface area contributed by atoms with E-state index in [1.54, 1.807) is 0 Å². The van der Waals surface area contributed by atoms with Gasteiger partial charge in [-0.2, -0.15) is 0 Å². The molecule has 23 heavy (non-hydrogen) atoms. The Morgan fingerprint density at radius 1 is 1.13 bits per heavy atom. The van der Waals surface area contributed by atoms with Gasteiger partial charge in [0, 0.05) is 19.3 Å². The third-order valence-corrected chi connectivity index (χ3v) is 3.26. The minimum atomic E-state index is -0.904. The minimum absolute atomic E-state index is 0.0184.